The van der Waals surface area contributed by atoms with Crippen LogP contribution in [-0.2, 0) is 23.1 Å². The van der Waals surface area contributed by atoms with E-state index in [1.54, 1.807) is 25.2 Å². The molecule has 2 N–H and O–H groups in total. The number of nitrogens with one attached hydrogen (secondary N) is 2. The zero-order valence-electron chi connectivity index (χ0n) is 13.2. The van der Waals surface area contributed by atoms with Crippen LogP contribution in [0.3, 0.4) is 0 Å². The van der Waals surface area contributed by atoms with Gasteiger partial charge in [-0.05, 0) is 12.1 Å². The number of carbonyl (C=O) groups excluding carboxylic acids is 2. The van der Waals surface area contributed by atoms with Crippen LogP contribution < -0.4 is 16.3 Å². The first kappa shape index (κ1) is 15.9. The van der Waals surface area contributed by atoms with Crippen LogP contribution in [0.5, 0.6) is 0 Å². The highest BCUT2D eigenvalue weighted by molar-refractivity contribution is 6.39. The van der Waals surface area contributed by atoms with Crippen LogP contribution in [-0.4, -0.2) is 33.6 Å². The van der Waals surface area contributed by atoms with E-state index in [1.807, 2.05) is 6.07 Å². The molecule has 2 aromatic rings. The predicted molar refractivity (Wildman–Crippen MR) is 88.5 cm³/mol. The predicted octanol–water partition coefficient (Wildman–Crippen LogP) is -0.142. The maximum atomic E-state index is 12.3. The number of fused-ring (bicyclic) bond motifs is 1. The number of carbonyl (C=O) groups is 2. The van der Waals surface area contributed by atoms with Crippen molar-refractivity contribution in [2.24, 2.45) is 12.1 Å². The number of hydrazone groups is 1. The topological polar surface area (TPSA) is 105 Å². The van der Waals surface area contributed by atoms with Gasteiger partial charge in [0.15, 0.2) is 0 Å². The minimum Gasteiger partial charge on any atom is -0.350 e. The number of para-hydroxylation sites is 1. The Hall–Kier alpha value is -3.03. The monoisotopic (exact) mass is 327 g/mol. The van der Waals surface area contributed by atoms with Crippen LogP contribution in [0.15, 0.2) is 34.2 Å². The zero-order valence-corrected chi connectivity index (χ0v) is 13.2. The largest absolute Gasteiger partial charge is 0.350 e. The minimum atomic E-state index is -0.319. The molecule has 0 bridgehead atoms. The lowest BCUT2D eigenvalue weighted by molar-refractivity contribution is -0.121. The Morgan fingerprint density at radius 3 is 2.83 bits per heavy atom. The van der Waals surface area contributed by atoms with Gasteiger partial charge in [-0.2, -0.15) is 5.10 Å². The van der Waals surface area contributed by atoms with Gasteiger partial charge in [0.1, 0.15) is 11.5 Å². The normalized spacial score (nSPS) is 14.2. The molecule has 2 amide bonds. The maximum Gasteiger partial charge on any atom is 0.267 e. The number of nitrogens with zero attached hydrogens (tertiary/aromatic N) is 3. The zero-order chi connectivity index (χ0) is 17.1. The smallest absolute Gasteiger partial charge is 0.267 e. The van der Waals surface area contributed by atoms with E-state index < -0.39 is 0 Å². The van der Waals surface area contributed by atoms with Crippen LogP contribution in [0.4, 0.5) is 0 Å². The van der Waals surface area contributed by atoms with Crippen molar-refractivity contribution in [2.75, 3.05) is 6.54 Å². The number of benzene rings is 1. The summed E-state index contributed by atoms with van der Waals surface area (Å²) in [6.45, 7) is 0.324. The number of rotatable bonds is 4. The van der Waals surface area contributed by atoms with Crippen LogP contribution in [0.2, 0.25) is 0 Å². The fraction of sp³-hybridized carbons (Fsp3) is 0.312. The molecule has 1 aromatic heterocycles. The molecule has 0 saturated carbocycles. The molecule has 1 aromatic carbocycles. The number of amides is 2. The van der Waals surface area contributed by atoms with Crippen LogP contribution in [0.25, 0.3) is 10.9 Å². The third kappa shape index (κ3) is 3.17. The molecule has 8 nitrogen and oxygen atoms in total. The highest BCUT2D eigenvalue weighted by Gasteiger charge is 2.18. The lowest BCUT2D eigenvalue weighted by Gasteiger charge is -2.13. The van der Waals surface area contributed by atoms with Gasteiger partial charge in [-0.25, -0.2) is 10.4 Å². The number of hydrogen-bond acceptors (Lipinski definition) is 5. The summed E-state index contributed by atoms with van der Waals surface area (Å²) in [6.07, 6.45) is 0.999. The van der Waals surface area contributed by atoms with Crippen molar-refractivity contribution < 1.29 is 9.59 Å². The van der Waals surface area contributed by atoms with Gasteiger partial charge in [0.25, 0.3) is 11.5 Å². The molecule has 0 unspecified atom stereocenters. The van der Waals surface area contributed by atoms with E-state index in [0.29, 0.717) is 41.8 Å². The van der Waals surface area contributed by atoms with Gasteiger partial charge < -0.3 is 5.32 Å². The molecule has 0 radical (unpaired) electrons. The average Bonchev–Trinajstić information content (AvgIpc) is 2.59. The summed E-state index contributed by atoms with van der Waals surface area (Å²) in [7, 11) is 1.67. The molecule has 0 fully saturated rings. The van der Waals surface area contributed by atoms with Crippen molar-refractivity contribution in [1.29, 1.82) is 0 Å². The molecule has 1 aliphatic heterocycles. The average molecular weight is 327 g/mol. The summed E-state index contributed by atoms with van der Waals surface area (Å²) in [4.78, 5) is 39.8. The second kappa shape index (κ2) is 6.61. The maximum absolute atomic E-state index is 12.3. The van der Waals surface area contributed by atoms with Gasteiger partial charge in [-0.3, -0.25) is 19.0 Å². The minimum absolute atomic E-state index is 0.110. The fourth-order valence-corrected chi connectivity index (χ4v) is 2.52. The van der Waals surface area contributed by atoms with Gasteiger partial charge in [0, 0.05) is 32.9 Å². The van der Waals surface area contributed by atoms with Crippen LogP contribution >= 0.6 is 0 Å². The Balaban J connectivity index is 1.68. The summed E-state index contributed by atoms with van der Waals surface area (Å²) in [5.74, 6) is 0.0839. The molecule has 8 heteroatoms. The third-order valence-electron chi connectivity index (χ3n) is 3.88. The van der Waals surface area contributed by atoms with Crippen molar-refractivity contribution in [3.8, 4) is 0 Å². The molecule has 0 atom stereocenters. The summed E-state index contributed by atoms with van der Waals surface area (Å²) in [5, 5.41) is 7.05. The molecule has 0 spiro atoms. The molecular weight excluding hydrogens is 310 g/mol. The van der Waals surface area contributed by atoms with E-state index in [2.05, 4.69) is 20.8 Å². The second-order valence-corrected chi connectivity index (χ2v) is 5.51. The lowest BCUT2D eigenvalue weighted by Crippen LogP contribution is -2.38. The standard InChI is InChI=1S/C16H17N5O3/c1-21-13(18-11-5-3-2-4-10(11)16(21)24)8-9-17-15(23)12-6-7-14(22)20-19-12/h2-5H,6-9H2,1H3,(H,17,23)(H,20,22). The lowest BCUT2D eigenvalue weighted by atomic mass is 10.1. The summed E-state index contributed by atoms with van der Waals surface area (Å²) < 4.78 is 1.49. The van der Waals surface area contributed by atoms with E-state index in [1.165, 1.54) is 4.57 Å². The molecule has 0 aliphatic carbocycles. The van der Waals surface area contributed by atoms with Crippen molar-refractivity contribution in [3.05, 3.63) is 40.4 Å². The molecule has 0 saturated heterocycles. The van der Waals surface area contributed by atoms with E-state index >= 15 is 0 Å². The van der Waals surface area contributed by atoms with Crippen LogP contribution in [0, 0.1) is 0 Å². The number of hydrogen-bond donors (Lipinski definition) is 2. The van der Waals surface area contributed by atoms with E-state index in [0.717, 1.165) is 0 Å². The molecule has 24 heavy (non-hydrogen) atoms. The molecule has 2 heterocycles. The summed E-state index contributed by atoms with van der Waals surface area (Å²) in [5.41, 5.74) is 3.12. The van der Waals surface area contributed by atoms with Crippen molar-refractivity contribution >= 4 is 28.4 Å². The van der Waals surface area contributed by atoms with E-state index in [4.69, 9.17) is 0 Å². The van der Waals surface area contributed by atoms with Crippen molar-refractivity contribution in [3.63, 3.8) is 0 Å². The van der Waals surface area contributed by atoms with Gasteiger partial charge in [-0.1, -0.05) is 12.1 Å². The first-order chi connectivity index (χ1) is 11.6. The Morgan fingerprint density at radius 2 is 2.08 bits per heavy atom. The third-order valence-corrected chi connectivity index (χ3v) is 3.88. The second-order valence-electron chi connectivity index (χ2n) is 5.51. The van der Waals surface area contributed by atoms with E-state index in [9.17, 15) is 14.4 Å². The Labute approximate surface area is 137 Å². The van der Waals surface area contributed by atoms with Gasteiger partial charge in [0.05, 0.1) is 10.9 Å². The van der Waals surface area contributed by atoms with Gasteiger partial charge in [0.2, 0.25) is 5.91 Å². The van der Waals surface area contributed by atoms with Crippen molar-refractivity contribution in [1.82, 2.24) is 20.3 Å². The summed E-state index contributed by atoms with van der Waals surface area (Å²) in [6, 6.07) is 7.16. The summed E-state index contributed by atoms with van der Waals surface area (Å²) >= 11 is 0. The Morgan fingerprint density at radius 1 is 1.29 bits per heavy atom. The Bertz CT molecular complexity index is 900. The van der Waals surface area contributed by atoms with Crippen LogP contribution in [0.1, 0.15) is 18.7 Å². The molecule has 124 valence electrons. The SMILES string of the molecule is Cn1c(CCNC(=O)C2=NNC(=O)CC2)nc2ccccc2c1=O. The molecular formula is C16H17N5O3. The van der Waals surface area contributed by atoms with Crippen molar-refractivity contribution in [2.45, 2.75) is 19.3 Å². The molecule has 1 aliphatic rings. The van der Waals surface area contributed by atoms with Gasteiger partial charge >= 0.3 is 0 Å². The Kier molecular flexibility index (Phi) is 4.37. The highest BCUT2D eigenvalue weighted by Crippen LogP contribution is 2.07. The van der Waals surface area contributed by atoms with E-state index in [-0.39, 0.29) is 23.8 Å². The quantitative estimate of drug-likeness (QED) is 0.815. The van der Waals surface area contributed by atoms with Gasteiger partial charge in [-0.15, -0.1) is 0 Å². The first-order valence-corrected chi connectivity index (χ1v) is 7.64. The molecule has 3 rings (SSSR count). The fourth-order valence-electron chi connectivity index (χ4n) is 2.52. The number of aromatic nitrogens is 2. The highest BCUT2D eigenvalue weighted by atomic mass is 16.2. The first-order valence-electron chi connectivity index (χ1n) is 7.64.